The first kappa shape index (κ1) is 14.3. The predicted molar refractivity (Wildman–Crippen MR) is 61.0 cm³/mol. The lowest BCUT2D eigenvalue weighted by Crippen LogP contribution is -2.39. The Bertz CT molecular complexity index is 319. The minimum absolute atomic E-state index is 0.266. The first-order valence-corrected chi connectivity index (χ1v) is 6.05. The summed E-state index contributed by atoms with van der Waals surface area (Å²) in [5, 5.41) is 2.33. The first-order valence-electron chi connectivity index (χ1n) is 5.07. The van der Waals surface area contributed by atoms with E-state index in [1.165, 1.54) is 11.8 Å². The van der Waals surface area contributed by atoms with Gasteiger partial charge in [-0.25, -0.2) is 8.78 Å². The van der Waals surface area contributed by atoms with Gasteiger partial charge in [-0.3, -0.25) is 0 Å². The van der Waals surface area contributed by atoms with Crippen LogP contribution in [0.15, 0.2) is 35.2 Å². The van der Waals surface area contributed by atoms with Crippen LogP contribution in [0.3, 0.4) is 0 Å². The van der Waals surface area contributed by atoms with Crippen molar-refractivity contribution in [2.45, 2.75) is 17.2 Å². The molecule has 1 rings (SSSR count). The van der Waals surface area contributed by atoms with Crippen molar-refractivity contribution in [3.05, 3.63) is 30.3 Å². The van der Waals surface area contributed by atoms with Crippen LogP contribution in [-0.2, 0) is 0 Å². The normalized spacial score (nSPS) is 12.1. The number of halogens is 4. The van der Waals surface area contributed by atoms with Crippen LogP contribution in [-0.4, -0.2) is 31.2 Å². The molecule has 0 amide bonds. The van der Waals surface area contributed by atoms with Crippen LogP contribution in [0, 0.1) is 0 Å². The fourth-order valence-electron chi connectivity index (χ4n) is 1.09. The van der Waals surface area contributed by atoms with Gasteiger partial charge in [0.25, 0.3) is 0 Å². The minimum atomic E-state index is -3.95. The third-order valence-corrected chi connectivity index (χ3v) is 2.98. The maximum absolute atomic E-state index is 12.5. The molecule has 0 saturated carbocycles. The molecule has 1 aromatic carbocycles. The predicted octanol–water partition coefficient (Wildman–Crippen LogP) is 3.27. The quantitative estimate of drug-likeness (QED) is 0.462. The van der Waals surface area contributed by atoms with Gasteiger partial charge in [0, 0.05) is 17.2 Å². The molecule has 1 aromatic rings. The van der Waals surface area contributed by atoms with Crippen LogP contribution >= 0.6 is 11.8 Å². The highest BCUT2D eigenvalue weighted by Crippen LogP contribution is 2.21. The Labute approximate surface area is 102 Å². The molecular formula is C11H13F4NS. The lowest BCUT2D eigenvalue weighted by Gasteiger charge is -2.15. The van der Waals surface area contributed by atoms with E-state index in [1.807, 2.05) is 30.3 Å². The number of thioether (sulfide) groups is 1. The molecule has 0 heterocycles. The average Bonchev–Trinajstić information content (AvgIpc) is 2.29. The van der Waals surface area contributed by atoms with Gasteiger partial charge in [0.2, 0.25) is 0 Å². The van der Waals surface area contributed by atoms with Crippen LogP contribution in [0.25, 0.3) is 0 Å². The van der Waals surface area contributed by atoms with Crippen molar-refractivity contribution >= 4 is 11.8 Å². The summed E-state index contributed by atoms with van der Waals surface area (Å²) in [6, 6.07) is 9.43. The summed E-state index contributed by atoms with van der Waals surface area (Å²) in [5.74, 6) is -3.39. The van der Waals surface area contributed by atoms with Gasteiger partial charge in [0.15, 0.2) is 0 Å². The van der Waals surface area contributed by atoms with E-state index in [1.54, 1.807) is 0 Å². The van der Waals surface area contributed by atoms with Crippen LogP contribution in [0.4, 0.5) is 17.6 Å². The third-order valence-electron chi connectivity index (χ3n) is 1.97. The van der Waals surface area contributed by atoms with Crippen molar-refractivity contribution in [3.63, 3.8) is 0 Å². The highest BCUT2D eigenvalue weighted by Gasteiger charge is 2.39. The van der Waals surface area contributed by atoms with Crippen molar-refractivity contribution in [1.29, 1.82) is 0 Å². The summed E-state index contributed by atoms with van der Waals surface area (Å²) in [7, 11) is 0. The monoisotopic (exact) mass is 267 g/mol. The summed E-state index contributed by atoms with van der Waals surface area (Å²) >= 11 is 1.48. The zero-order valence-electron chi connectivity index (χ0n) is 9.01. The van der Waals surface area contributed by atoms with Gasteiger partial charge in [-0.05, 0) is 12.1 Å². The second kappa shape index (κ2) is 6.86. The third kappa shape index (κ3) is 5.41. The van der Waals surface area contributed by atoms with Crippen molar-refractivity contribution < 1.29 is 17.6 Å². The maximum atomic E-state index is 12.5. The van der Waals surface area contributed by atoms with Gasteiger partial charge >= 0.3 is 12.3 Å². The van der Waals surface area contributed by atoms with Crippen molar-refractivity contribution in [2.24, 2.45) is 0 Å². The standard InChI is InChI=1S/C11H13F4NS/c12-10(13)11(14,15)8-16-6-7-17-9-4-2-1-3-5-9/h1-5,10,16H,6-8H2. The molecule has 0 bridgehead atoms. The maximum Gasteiger partial charge on any atom is 0.319 e. The highest BCUT2D eigenvalue weighted by molar-refractivity contribution is 7.99. The van der Waals surface area contributed by atoms with Crippen molar-refractivity contribution in [3.8, 4) is 0 Å². The Morgan fingerprint density at radius 2 is 1.82 bits per heavy atom. The van der Waals surface area contributed by atoms with E-state index in [-0.39, 0.29) is 6.54 Å². The zero-order valence-corrected chi connectivity index (χ0v) is 9.82. The van der Waals surface area contributed by atoms with E-state index in [0.717, 1.165) is 4.90 Å². The van der Waals surface area contributed by atoms with E-state index in [9.17, 15) is 17.6 Å². The number of alkyl halides is 4. The van der Waals surface area contributed by atoms with Crippen LogP contribution in [0.5, 0.6) is 0 Å². The molecule has 0 fully saturated rings. The molecule has 96 valence electrons. The van der Waals surface area contributed by atoms with Gasteiger partial charge in [-0.2, -0.15) is 8.78 Å². The lowest BCUT2D eigenvalue weighted by molar-refractivity contribution is -0.124. The summed E-state index contributed by atoms with van der Waals surface area (Å²) < 4.78 is 48.5. The molecule has 17 heavy (non-hydrogen) atoms. The summed E-state index contributed by atoms with van der Waals surface area (Å²) in [4.78, 5) is 1.02. The minimum Gasteiger partial charge on any atom is -0.310 e. The number of rotatable bonds is 7. The summed E-state index contributed by atoms with van der Waals surface area (Å²) in [5.41, 5.74) is 0. The molecule has 0 saturated heterocycles. The van der Waals surface area contributed by atoms with Crippen molar-refractivity contribution in [2.75, 3.05) is 18.8 Å². The lowest BCUT2D eigenvalue weighted by atomic mass is 10.3. The number of nitrogens with one attached hydrogen (secondary N) is 1. The second-order valence-corrected chi connectivity index (χ2v) is 4.57. The van der Waals surface area contributed by atoms with E-state index >= 15 is 0 Å². The van der Waals surface area contributed by atoms with Gasteiger partial charge < -0.3 is 5.32 Å². The number of hydrogen-bond acceptors (Lipinski definition) is 2. The van der Waals surface area contributed by atoms with Gasteiger partial charge in [-0.15, -0.1) is 11.8 Å². The van der Waals surface area contributed by atoms with E-state index in [0.29, 0.717) is 5.75 Å². The molecule has 0 unspecified atom stereocenters. The molecule has 1 nitrogen and oxygen atoms in total. The Morgan fingerprint density at radius 1 is 1.18 bits per heavy atom. The number of hydrogen-bond donors (Lipinski definition) is 1. The Balaban J connectivity index is 2.13. The van der Waals surface area contributed by atoms with Crippen LogP contribution in [0.1, 0.15) is 0 Å². The SMILES string of the molecule is FC(F)C(F)(F)CNCCSc1ccccc1. The fourth-order valence-corrected chi connectivity index (χ4v) is 1.92. The first-order chi connectivity index (χ1) is 8.02. The smallest absolute Gasteiger partial charge is 0.310 e. The van der Waals surface area contributed by atoms with E-state index < -0.39 is 18.9 Å². The molecule has 0 aliphatic heterocycles. The Kier molecular flexibility index (Phi) is 5.77. The van der Waals surface area contributed by atoms with Gasteiger partial charge in [0.05, 0.1) is 6.54 Å². The second-order valence-electron chi connectivity index (χ2n) is 3.40. The van der Waals surface area contributed by atoms with Crippen molar-refractivity contribution in [1.82, 2.24) is 5.32 Å². The molecule has 0 spiro atoms. The van der Waals surface area contributed by atoms with Gasteiger partial charge in [-0.1, -0.05) is 18.2 Å². The molecule has 0 aliphatic rings. The van der Waals surface area contributed by atoms with E-state index in [4.69, 9.17) is 0 Å². The molecule has 1 N–H and O–H groups in total. The zero-order chi connectivity index (χ0) is 12.7. The largest absolute Gasteiger partial charge is 0.319 e. The summed E-state index contributed by atoms with van der Waals surface area (Å²) in [6.45, 7) is -0.720. The van der Waals surface area contributed by atoms with E-state index in [2.05, 4.69) is 5.32 Å². The molecular weight excluding hydrogens is 254 g/mol. The fraction of sp³-hybridized carbons (Fsp3) is 0.455. The van der Waals surface area contributed by atoms with Crippen LogP contribution in [0.2, 0.25) is 0 Å². The van der Waals surface area contributed by atoms with Crippen LogP contribution < -0.4 is 5.32 Å². The molecule has 0 radical (unpaired) electrons. The Morgan fingerprint density at radius 3 is 2.41 bits per heavy atom. The topological polar surface area (TPSA) is 12.0 Å². The molecule has 0 atom stereocenters. The van der Waals surface area contributed by atoms with Gasteiger partial charge in [0.1, 0.15) is 0 Å². The highest BCUT2D eigenvalue weighted by atomic mass is 32.2. The summed E-state index contributed by atoms with van der Waals surface area (Å²) in [6.07, 6.45) is -3.61. The molecule has 6 heteroatoms. The molecule has 0 aromatic heterocycles. The molecule has 0 aliphatic carbocycles. The number of benzene rings is 1. The Hall–Kier alpha value is -0.750. The average molecular weight is 267 g/mol.